The van der Waals surface area contributed by atoms with Gasteiger partial charge in [0.05, 0.1) is 10.9 Å². The summed E-state index contributed by atoms with van der Waals surface area (Å²) in [6.07, 6.45) is 4.93. The van der Waals surface area contributed by atoms with Gasteiger partial charge in [-0.25, -0.2) is 8.42 Å². The number of amides is 1. The Morgan fingerprint density at radius 3 is 2.33 bits per heavy atom. The van der Waals surface area contributed by atoms with E-state index in [9.17, 15) is 13.2 Å². The zero-order chi connectivity index (χ0) is 21.7. The van der Waals surface area contributed by atoms with E-state index in [4.69, 9.17) is 0 Å². The van der Waals surface area contributed by atoms with E-state index in [1.807, 2.05) is 6.92 Å². The Labute approximate surface area is 181 Å². The summed E-state index contributed by atoms with van der Waals surface area (Å²) in [4.78, 5) is 15.2. The molecule has 3 rings (SSSR count). The second-order valence-electron chi connectivity index (χ2n) is 8.79. The molecule has 2 saturated heterocycles. The number of sulfonamides is 1. The van der Waals surface area contributed by atoms with Gasteiger partial charge in [0, 0.05) is 44.0 Å². The molecule has 2 heterocycles. The van der Waals surface area contributed by atoms with Crippen molar-refractivity contribution in [1.29, 1.82) is 0 Å². The molecule has 1 atom stereocenters. The molecule has 2 N–H and O–H groups in total. The van der Waals surface area contributed by atoms with Gasteiger partial charge in [0.25, 0.3) is 0 Å². The van der Waals surface area contributed by atoms with Gasteiger partial charge in [-0.3, -0.25) is 9.69 Å². The van der Waals surface area contributed by atoms with Crippen LogP contribution in [0.1, 0.15) is 52.9 Å². The largest absolute Gasteiger partial charge is 0.325 e. The molecule has 2 aliphatic heterocycles. The number of nitrogens with one attached hydrogen (secondary N) is 2. The maximum Gasteiger partial charge on any atom is 0.243 e. The number of anilines is 1. The zero-order valence-corrected chi connectivity index (χ0v) is 19.2. The van der Waals surface area contributed by atoms with Crippen molar-refractivity contribution < 1.29 is 13.2 Å². The van der Waals surface area contributed by atoms with Crippen molar-refractivity contribution >= 4 is 21.6 Å². The molecule has 1 unspecified atom stereocenters. The SMILES string of the molecule is CC(C)NC1CCN(C(C)C(=O)Nc2cccc(S(=O)(=O)N3CCCCC3)c2)CC1. The van der Waals surface area contributed by atoms with Crippen LogP contribution in [0.15, 0.2) is 29.2 Å². The van der Waals surface area contributed by atoms with Crippen molar-refractivity contribution in [3.8, 4) is 0 Å². The zero-order valence-electron chi connectivity index (χ0n) is 18.4. The van der Waals surface area contributed by atoms with Gasteiger partial charge in [-0.15, -0.1) is 0 Å². The molecular formula is C22H36N4O3S. The number of carbonyl (C=O) groups excluding carboxylic acids is 1. The number of carbonyl (C=O) groups is 1. The number of likely N-dealkylation sites (tertiary alicyclic amines) is 1. The van der Waals surface area contributed by atoms with Crippen LogP contribution < -0.4 is 10.6 Å². The molecule has 0 aromatic heterocycles. The molecule has 8 heteroatoms. The van der Waals surface area contributed by atoms with E-state index in [2.05, 4.69) is 29.4 Å². The lowest BCUT2D eigenvalue weighted by molar-refractivity contribution is -0.121. The first kappa shape index (κ1) is 23.2. The fourth-order valence-corrected chi connectivity index (χ4v) is 5.89. The Kier molecular flexibility index (Phi) is 7.90. The van der Waals surface area contributed by atoms with Crippen LogP contribution in [0.2, 0.25) is 0 Å². The van der Waals surface area contributed by atoms with Crippen LogP contribution in [0.5, 0.6) is 0 Å². The van der Waals surface area contributed by atoms with Gasteiger partial charge >= 0.3 is 0 Å². The third-order valence-electron chi connectivity index (χ3n) is 6.08. The molecular weight excluding hydrogens is 400 g/mol. The highest BCUT2D eigenvalue weighted by Gasteiger charge is 2.28. The molecule has 1 amide bonds. The van der Waals surface area contributed by atoms with Crippen LogP contribution in [0.3, 0.4) is 0 Å². The summed E-state index contributed by atoms with van der Waals surface area (Å²) >= 11 is 0. The lowest BCUT2D eigenvalue weighted by Crippen LogP contribution is -2.50. The van der Waals surface area contributed by atoms with Gasteiger partial charge in [-0.2, -0.15) is 4.31 Å². The standard InChI is InChI=1S/C22H36N4O3S/c1-17(2)23-19-10-14-25(15-11-19)18(3)22(27)24-20-8-7-9-21(16-20)30(28,29)26-12-5-4-6-13-26/h7-9,16-19,23H,4-6,10-15H2,1-3H3,(H,24,27). The third-order valence-corrected chi connectivity index (χ3v) is 7.97. The Balaban J connectivity index is 1.60. The minimum absolute atomic E-state index is 0.0993. The molecule has 2 fully saturated rings. The predicted octanol–water partition coefficient (Wildman–Crippen LogP) is 2.65. The molecule has 2 aliphatic rings. The van der Waals surface area contributed by atoms with Gasteiger partial charge in [0.2, 0.25) is 15.9 Å². The van der Waals surface area contributed by atoms with Crippen molar-refractivity contribution in [1.82, 2.24) is 14.5 Å². The van der Waals surface area contributed by atoms with E-state index in [1.54, 1.807) is 28.6 Å². The number of nitrogens with zero attached hydrogens (tertiary/aromatic N) is 2. The van der Waals surface area contributed by atoms with Crippen molar-refractivity contribution in [2.24, 2.45) is 0 Å². The van der Waals surface area contributed by atoms with E-state index < -0.39 is 10.0 Å². The first-order chi connectivity index (χ1) is 14.3. The topological polar surface area (TPSA) is 81.8 Å². The van der Waals surface area contributed by atoms with E-state index in [0.29, 0.717) is 30.9 Å². The second kappa shape index (κ2) is 10.2. The Bertz CT molecular complexity index is 813. The number of hydrogen-bond acceptors (Lipinski definition) is 5. The molecule has 1 aromatic carbocycles. The summed E-state index contributed by atoms with van der Waals surface area (Å²) in [7, 11) is -3.51. The van der Waals surface area contributed by atoms with Crippen LogP contribution in [-0.4, -0.2) is 67.8 Å². The molecule has 7 nitrogen and oxygen atoms in total. The monoisotopic (exact) mass is 436 g/mol. The van der Waals surface area contributed by atoms with E-state index in [1.165, 1.54) is 0 Å². The van der Waals surface area contributed by atoms with Crippen LogP contribution in [0.4, 0.5) is 5.69 Å². The highest BCUT2D eigenvalue weighted by atomic mass is 32.2. The van der Waals surface area contributed by atoms with E-state index in [-0.39, 0.29) is 16.8 Å². The minimum Gasteiger partial charge on any atom is -0.325 e. The number of benzene rings is 1. The molecule has 0 aliphatic carbocycles. The maximum atomic E-state index is 12.9. The van der Waals surface area contributed by atoms with Gasteiger partial charge < -0.3 is 10.6 Å². The van der Waals surface area contributed by atoms with Gasteiger partial charge in [0.15, 0.2) is 0 Å². The van der Waals surface area contributed by atoms with E-state index in [0.717, 1.165) is 45.2 Å². The first-order valence-corrected chi connectivity index (χ1v) is 12.6. The highest BCUT2D eigenvalue weighted by Crippen LogP contribution is 2.23. The van der Waals surface area contributed by atoms with Crippen LogP contribution in [0.25, 0.3) is 0 Å². The summed E-state index contributed by atoms with van der Waals surface area (Å²) in [5, 5.41) is 6.49. The smallest absolute Gasteiger partial charge is 0.243 e. The molecule has 168 valence electrons. The van der Waals surface area contributed by atoms with Crippen molar-refractivity contribution in [2.45, 2.75) is 75.9 Å². The van der Waals surface area contributed by atoms with Gasteiger partial charge in [0.1, 0.15) is 0 Å². The van der Waals surface area contributed by atoms with Crippen LogP contribution >= 0.6 is 0 Å². The molecule has 30 heavy (non-hydrogen) atoms. The number of hydrogen-bond donors (Lipinski definition) is 2. The normalized spacial score (nSPS) is 20.9. The average Bonchev–Trinajstić information content (AvgIpc) is 2.74. The second-order valence-corrected chi connectivity index (χ2v) is 10.7. The summed E-state index contributed by atoms with van der Waals surface area (Å²) in [5.41, 5.74) is 0.529. The summed E-state index contributed by atoms with van der Waals surface area (Å²) in [6, 6.07) is 7.35. The van der Waals surface area contributed by atoms with Crippen molar-refractivity contribution in [3.63, 3.8) is 0 Å². The Morgan fingerprint density at radius 1 is 1.03 bits per heavy atom. The molecule has 0 radical (unpaired) electrons. The lowest BCUT2D eigenvalue weighted by atomic mass is 10.0. The molecule has 0 saturated carbocycles. The molecule has 0 bridgehead atoms. The summed E-state index contributed by atoms with van der Waals surface area (Å²) < 4.78 is 27.4. The predicted molar refractivity (Wildman–Crippen MR) is 120 cm³/mol. The fraction of sp³-hybridized carbons (Fsp3) is 0.682. The molecule has 1 aromatic rings. The summed E-state index contributed by atoms with van der Waals surface area (Å²) in [5.74, 6) is -0.0993. The molecule has 0 spiro atoms. The quantitative estimate of drug-likeness (QED) is 0.687. The number of piperidine rings is 2. The van der Waals surface area contributed by atoms with Crippen LogP contribution in [0, 0.1) is 0 Å². The number of rotatable bonds is 7. The van der Waals surface area contributed by atoms with Gasteiger partial charge in [-0.1, -0.05) is 26.3 Å². The average molecular weight is 437 g/mol. The Morgan fingerprint density at radius 2 is 1.70 bits per heavy atom. The van der Waals surface area contributed by atoms with Gasteiger partial charge in [-0.05, 0) is 50.8 Å². The van der Waals surface area contributed by atoms with Crippen molar-refractivity contribution in [3.05, 3.63) is 24.3 Å². The lowest BCUT2D eigenvalue weighted by Gasteiger charge is -2.36. The Hall–Kier alpha value is -1.48. The highest BCUT2D eigenvalue weighted by molar-refractivity contribution is 7.89. The first-order valence-electron chi connectivity index (χ1n) is 11.2. The minimum atomic E-state index is -3.51. The van der Waals surface area contributed by atoms with Crippen LogP contribution in [-0.2, 0) is 14.8 Å². The fourth-order valence-electron chi connectivity index (χ4n) is 4.33. The summed E-state index contributed by atoms with van der Waals surface area (Å²) in [6.45, 7) is 9.11. The van der Waals surface area contributed by atoms with Crippen molar-refractivity contribution in [2.75, 3.05) is 31.5 Å². The third kappa shape index (κ3) is 5.81. The maximum absolute atomic E-state index is 12.9. The van der Waals surface area contributed by atoms with E-state index >= 15 is 0 Å².